The summed E-state index contributed by atoms with van der Waals surface area (Å²) in [6, 6.07) is 9.16. The molecule has 0 saturated carbocycles. The molecule has 0 radical (unpaired) electrons. The molecule has 7 nitrogen and oxygen atoms in total. The maximum Gasteiger partial charge on any atom is 0.416 e. The van der Waals surface area contributed by atoms with Crippen LogP contribution in [0.1, 0.15) is 32.8 Å². The second-order valence-electron chi connectivity index (χ2n) is 8.61. The number of methoxy groups -OCH3 is 1. The third-order valence-corrected chi connectivity index (χ3v) is 5.85. The summed E-state index contributed by atoms with van der Waals surface area (Å²) in [5.74, 6) is 0.00645. The standard InChI is InChI=1S/C27H31F3N2O5S/c1-17(2)14-25(33)37-18(3)16-36-23-11-8-21(15-24(23)35-5)32(13-12-31)26(34)19(4)38-22-9-6-20(7-10-22)27(28,29)30/h6-13,15,17-18H,4,14,16,31H2,1-3,5H3/b13-12-. The summed E-state index contributed by atoms with van der Waals surface area (Å²) in [4.78, 5) is 26.7. The molecule has 0 saturated heterocycles. The smallest absolute Gasteiger partial charge is 0.416 e. The van der Waals surface area contributed by atoms with Crippen molar-refractivity contribution < 1.29 is 37.0 Å². The van der Waals surface area contributed by atoms with Gasteiger partial charge < -0.3 is 19.9 Å². The minimum Gasteiger partial charge on any atom is -0.493 e. The highest BCUT2D eigenvalue weighted by Crippen LogP contribution is 2.35. The second kappa shape index (κ2) is 13.8. The van der Waals surface area contributed by atoms with Gasteiger partial charge in [-0.05, 0) is 49.2 Å². The zero-order valence-corrected chi connectivity index (χ0v) is 22.4. The van der Waals surface area contributed by atoms with Crippen molar-refractivity contribution in [2.24, 2.45) is 11.7 Å². The van der Waals surface area contributed by atoms with E-state index in [1.165, 1.54) is 30.3 Å². The number of carbonyl (C=O) groups excluding carboxylic acids is 2. The molecule has 0 heterocycles. The molecule has 0 fully saturated rings. The minimum atomic E-state index is -4.45. The minimum absolute atomic E-state index is 0.0548. The van der Waals surface area contributed by atoms with Gasteiger partial charge in [0, 0.05) is 29.8 Å². The Kier molecular flexibility index (Phi) is 11.1. The fraction of sp³-hybridized carbons (Fsp3) is 0.333. The monoisotopic (exact) mass is 552 g/mol. The lowest BCUT2D eigenvalue weighted by Gasteiger charge is -2.21. The van der Waals surface area contributed by atoms with E-state index in [4.69, 9.17) is 19.9 Å². The predicted octanol–water partition coefficient (Wildman–Crippen LogP) is 6.14. The fourth-order valence-electron chi connectivity index (χ4n) is 3.16. The molecule has 2 aromatic carbocycles. The van der Waals surface area contributed by atoms with Gasteiger partial charge in [0.05, 0.1) is 23.3 Å². The lowest BCUT2D eigenvalue weighted by molar-refractivity contribution is -0.150. The van der Waals surface area contributed by atoms with Crippen molar-refractivity contribution in [3.05, 3.63) is 71.9 Å². The molecule has 1 atom stereocenters. The largest absolute Gasteiger partial charge is 0.493 e. The van der Waals surface area contributed by atoms with Gasteiger partial charge in [-0.25, -0.2) is 0 Å². The topological polar surface area (TPSA) is 91.1 Å². The first kappa shape index (κ1) is 30.6. The number of carbonyl (C=O) groups is 2. The molecule has 0 aliphatic heterocycles. The van der Waals surface area contributed by atoms with E-state index in [2.05, 4.69) is 6.58 Å². The van der Waals surface area contributed by atoms with Crippen LogP contribution >= 0.6 is 11.8 Å². The van der Waals surface area contributed by atoms with E-state index in [1.807, 2.05) is 13.8 Å². The first-order valence-electron chi connectivity index (χ1n) is 11.6. The highest BCUT2D eigenvalue weighted by molar-refractivity contribution is 8.04. The van der Waals surface area contributed by atoms with Crippen molar-refractivity contribution >= 4 is 29.3 Å². The number of benzene rings is 2. The first-order chi connectivity index (χ1) is 17.8. The molecule has 1 amide bonds. The second-order valence-corrected chi connectivity index (χ2v) is 9.78. The van der Waals surface area contributed by atoms with Crippen LogP contribution in [0.5, 0.6) is 11.5 Å². The first-order valence-corrected chi connectivity index (χ1v) is 12.4. The number of hydrogen-bond acceptors (Lipinski definition) is 7. The van der Waals surface area contributed by atoms with E-state index in [0.29, 0.717) is 28.5 Å². The molecule has 0 aliphatic carbocycles. The maximum atomic E-state index is 13.1. The van der Waals surface area contributed by atoms with Crippen molar-refractivity contribution in [1.82, 2.24) is 0 Å². The molecule has 0 bridgehead atoms. The van der Waals surface area contributed by atoms with Gasteiger partial charge in [-0.2, -0.15) is 13.2 Å². The highest BCUT2D eigenvalue weighted by atomic mass is 32.2. The summed E-state index contributed by atoms with van der Waals surface area (Å²) in [6.07, 6.45) is -2.15. The van der Waals surface area contributed by atoms with Gasteiger partial charge in [-0.3, -0.25) is 14.5 Å². The summed E-state index contributed by atoms with van der Waals surface area (Å²) in [6.45, 7) is 9.42. The molecule has 38 heavy (non-hydrogen) atoms. The van der Waals surface area contributed by atoms with Crippen molar-refractivity contribution in [3.63, 3.8) is 0 Å². The summed E-state index contributed by atoms with van der Waals surface area (Å²) in [5, 5.41) is 0. The zero-order valence-electron chi connectivity index (χ0n) is 21.6. The van der Waals surface area contributed by atoms with Crippen molar-refractivity contribution in [3.8, 4) is 11.5 Å². The third kappa shape index (κ3) is 9.05. The zero-order chi connectivity index (χ0) is 28.5. The van der Waals surface area contributed by atoms with Gasteiger partial charge in [0.25, 0.3) is 5.91 Å². The number of alkyl halides is 3. The van der Waals surface area contributed by atoms with Gasteiger partial charge in [0.2, 0.25) is 0 Å². The number of nitrogens with zero attached hydrogens (tertiary/aromatic N) is 1. The molecule has 1 unspecified atom stereocenters. The van der Waals surface area contributed by atoms with Crippen LogP contribution < -0.4 is 20.1 Å². The average Bonchev–Trinajstić information content (AvgIpc) is 2.84. The van der Waals surface area contributed by atoms with Gasteiger partial charge in [-0.15, -0.1) is 0 Å². The highest BCUT2D eigenvalue weighted by Gasteiger charge is 2.30. The number of ether oxygens (including phenoxy) is 3. The van der Waals surface area contributed by atoms with Crippen molar-refractivity contribution in [2.75, 3.05) is 18.6 Å². The van der Waals surface area contributed by atoms with Crippen LogP contribution in [0.15, 0.2) is 71.2 Å². The summed E-state index contributed by atoms with van der Waals surface area (Å²) < 4.78 is 54.9. The van der Waals surface area contributed by atoms with Crippen LogP contribution in [-0.2, 0) is 20.5 Å². The molecule has 206 valence electrons. The van der Waals surface area contributed by atoms with Crippen LogP contribution in [0.25, 0.3) is 0 Å². The number of thioether (sulfide) groups is 1. The molecule has 2 rings (SSSR count). The number of halogens is 3. The molecule has 0 spiro atoms. The van der Waals surface area contributed by atoms with Gasteiger partial charge in [-0.1, -0.05) is 32.2 Å². The quantitative estimate of drug-likeness (QED) is 0.192. The number of esters is 1. The van der Waals surface area contributed by atoms with Crippen LogP contribution in [0.3, 0.4) is 0 Å². The molecule has 2 aromatic rings. The molecule has 0 aromatic heterocycles. The molecular weight excluding hydrogens is 521 g/mol. The summed E-state index contributed by atoms with van der Waals surface area (Å²) >= 11 is 0.927. The molecule has 0 aliphatic rings. The van der Waals surface area contributed by atoms with Crippen LogP contribution in [0, 0.1) is 5.92 Å². The molecule has 11 heteroatoms. The van der Waals surface area contributed by atoms with E-state index >= 15 is 0 Å². The van der Waals surface area contributed by atoms with E-state index < -0.39 is 23.8 Å². The number of amides is 1. The summed E-state index contributed by atoms with van der Waals surface area (Å²) in [7, 11) is 1.43. The lowest BCUT2D eigenvalue weighted by atomic mass is 10.1. The Morgan fingerprint density at radius 2 is 1.76 bits per heavy atom. The Morgan fingerprint density at radius 1 is 1.11 bits per heavy atom. The van der Waals surface area contributed by atoms with Crippen LogP contribution in [-0.4, -0.2) is 31.7 Å². The van der Waals surface area contributed by atoms with E-state index in [1.54, 1.807) is 25.1 Å². The van der Waals surface area contributed by atoms with Crippen molar-refractivity contribution in [2.45, 2.75) is 44.4 Å². The number of hydrogen-bond donors (Lipinski definition) is 1. The van der Waals surface area contributed by atoms with E-state index in [0.717, 1.165) is 30.1 Å². The van der Waals surface area contributed by atoms with Crippen molar-refractivity contribution in [1.29, 1.82) is 0 Å². The third-order valence-electron chi connectivity index (χ3n) is 4.92. The van der Waals surface area contributed by atoms with Crippen LogP contribution in [0.4, 0.5) is 18.9 Å². The van der Waals surface area contributed by atoms with E-state index in [-0.39, 0.29) is 23.4 Å². The number of nitrogens with two attached hydrogens (primary N) is 1. The SMILES string of the molecule is C=C(Sc1ccc(C(F)(F)F)cc1)C(=O)N(/C=C\N)c1ccc(OCC(C)OC(=O)CC(C)C)c(OC)c1. The number of rotatable bonds is 12. The Hall–Kier alpha value is -3.60. The fourth-order valence-corrected chi connectivity index (χ4v) is 3.90. The molecule has 2 N–H and O–H groups in total. The maximum absolute atomic E-state index is 13.1. The summed E-state index contributed by atoms with van der Waals surface area (Å²) in [5.41, 5.74) is 5.14. The van der Waals surface area contributed by atoms with Gasteiger partial charge in [0.1, 0.15) is 12.7 Å². The Bertz CT molecular complexity index is 1150. The Balaban J connectivity index is 2.13. The Labute approximate surface area is 224 Å². The lowest BCUT2D eigenvalue weighted by Crippen LogP contribution is -2.26. The number of anilines is 1. The van der Waals surface area contributed by atoms with Gasteiger partial charge in [0.15, 0.2) is 11.5 Å². The van der Waals surface area contributed by atoms with Crippen LogP contribution in [0.2, 0.25) is 0 Å². The van der Waals surface area contributed by atoms with E-state index in [9.17, 15) is 22.8 Å². The van der Waals surface area contributed by atoms with Gasteiger partial charge >= 0.3 is 12.1 Å². The Morgan fingerprint density at radius 3 is 2.32 bits per heavy atom. The molecular formula is C27H31F3N2O5S. The predicted molar refractivity (Wildman–Crippen MR) is 141 cm³/mol. The normalized spacial score (nSPS) is 12.3. The average molecular weight is 553 g/mol.